The molecule has 3 aromatic rings. The van der Waals surface area contributed by atoms with E-state index in [0.29, 0.717) is 18.3 Å². The van der Waals surface area contributed by atoms with Gasteiger partial charge in [0.25, 0.3) is 0 Å². The Morgan fingerprint density at radius 2 is 1.97 bits per heavy atom. The minimum atomic E-state index is -3.59. The third-order valence-electron chi connectivity index (χ3n) is 5.35. The minimum Gasteiger partial charge on any atom is -0.254 e. The topological polar surface area (TPSA) is 105 Å². The maximum Gasteiger partial charge on any atom is 0.242 e. The standard InChI is InChI=1S/C20H25N7O2S/c1-26(12-6-9-17-13-20(23-22-17)16-7-3-2-4-8-16)30(28,29)19-11-5-10-18(14-19)27-15-21-24-25-27/h2-5,7-8,10-11,14-15,17,20,22-23H,6,9,12-13H2,1H3. The van der Waals surface area contributed by atoms with Crippen LogP contribution >= 0.6 is 0 Å². The van der Waals surface area contributed by atoms with Crippen LogP contribution in [-0.4, -0.2) is 52.6 Å². The van der Waals surface area contributed by atoms with Gasteiger partial charge in [0.05, 0.1) is 10.6 Å². The molecule has 1 aliphatic rings. The number of aromatic nitrogens is 4. The van der Waals surface area contributed by atoms with Gasteiger partial charge in [-0.2, -0.15) is 0 Å². The highest BCUT2D eigenvalue weighted by atomic mass is 32.2. The van der Waals surface area contributed by atoms with Gasteiger partial charge in [0.2, 0.25) is 10.0 Å². The number of tetrazole rings is 1. The second-order valence-electron chi connectivity index (χ2n) is 7.41. The van der Waals surface area contributed by atoms with Crippen molar-refractivity contribution in [3.05, 3.63) is 66.5 Å². The molecule has 9 nitrogen and oxygen atoms in total. The van der Waals surface area contributed by atoms with Crippen molar-refractivity contribution in [2.24, 2.45) is 0 Å². The first-order chi connectivity index (χ1) is 14.5. The molecule has 1 aliphatic heterocycles. The second kappa shape index (κ2) is 9.00. The predicted octanol–water partition coefficient (Wildman–Crippen LogP) is 1.67. The first-order valence-corrected chi connectivity index (χ1v) is 11.3. The normalized spacial score (nSPS) is 19.4. The molecule has 2 N–H and O–H groups in total. The lowest BCUT2D eigenvalue weighted by Gasteiger charge is -2.18. The van der Waals surface area contributed by atoms with Gasteiger partial charge < -0.3 is 0 Å². The molecule has 0 aliphatic carbocycles. The summed E-state index contributed by atoms with van der Waals surface area (Å²) >= 11 is 0. The van der Waals surface area contributed by atoms with Crippen LogP contribution in [0.15, 0.2) is 65.8 Å². The zero-order valence-electron chi connectivity index (χ0n) is 16.7. The van der Waals surface area contributed by atoms with E-state index in [2.05, 4.69) is 38.5 Å². The molecule has 2 atom stereocenters. The van der Waals surface area contributed by atoms with Gasteiger partial charge in [-0.15, -0.1) is 5.10 Å². The van der Waals surface area contributed by atoms with Crippen molar-refractivity contribution < 1.29 is 8.42 Å². The van der Waals surface area contributed by atoms with Gasteiger partial charge in [-0.25, -0.2) is 17.4 Å². The number of sulfonamides is 1. The first-order valence-electron chi connectivity index (χ1n) is 9.90. The fourth-order valence-electron chi connectivity index (χ4n) is 3.64. The number of nitrogens with zero attached hydrogens (tertiary/aromatic N) is 5. The highest BCUT2D eigenvalue weighted by Gasteiger charge is 2.26. The maximum absolute atomic E-state index is 13.0. The van der Waals surface area contributed by atoms with Crippen molar-refractivity contribution in [3.63, 3.8) is 0 Å². The van der Waals surface area contributed by atoms with Crippen molar-refractivity contribution in [1.29, 1.82) is 0 Å². The Labute approximate surface area is 176 Å². The van der Waals surface area contributed by atoms with Crippen molar-refractivity contribution in [3.8, 4) is 5.69 Å². The van der Waals surface area contributed by atoms with E-state index in [0.717, 1.165) is 19.3 Å². The van der Waals surface area contributed by atoms with Crippen LogP contribution in [0.1, 0.15) is 30.9 Å². The van der Waals surface area contributed by atoms with E-state index in [9.17, 15) is 8.42 Å². The lowest BCUT2D eigenvalue weighted by molar-refractivity contribution is 0.428. The summed E-state index contributed by atoms with van der Waals surface area (Å²) in [4.78, 5) is 0.225. The summed E-state index contributed by atoms with van der Waals surface area (Å²) in [6.07, 6.45) is 4.07. The number of nitrogens with one attached hydrogen (secondary N) is 2. The van der Waals surface area contributed by atoms with E-state index in [1.54, 1.807) is 31.3 Å². The SMILES string of the molecule is CN(CCCC1CC(c2ccccc2)NN1)S(=O)(=O)c1cccc(-n2cnnn2)c1. The molecule has 1 aromatic heterocycles. The molecular weight excluding hydrogens is 402 g/mol. The average Bonchev–Trinajstić information content (AvgIpc) is 3.47. The Balaban J connectivity index is 1.32. The van der Waals surface area contributed by atoms with Crippen LogP contribution in [0.3, 0.4) is 0 Å². The molecule has 2 unspecified atom stereocenters. The first kappa shape index (κ1) is 20.6. The number of hydrogen-bond acceptors (Lipinski definition) is 7. The summed E-state index contributed by atoms with van der Waals surface area (Å²) in [6.45, 7) is 0.450. The Hall–Kier alpha value is -2.66. The molecule has 2 heterocycles. The summed E-state index contributed by atoms with van der Waals surface area (Å²) in [6, 6.07) is 17.5. The molecule has 0 saturated carbocycles. The van der Waals surface area contributed by atoms with Crippen molar-refractivity contribution in [1.82, 2.24) is 35.4 Å². The maximum atomic E-state index is 13.0. The Bertz CT molecular complexity index is 1060. The highest BCUT2D eigenvalue weighted by molar-refractivity contribution is 7.89. The summed E-state index contributed by atoms with van der Waals surface area (Å²) in [5.74, 6) is 0. The molecule has 0 bridgehead atoms. The van der Waals surface area contributed by atoms with Crippen LogP contribution in [0.2, 0.25) is 0 Å². The van der Waals surface area contributed by atoms with Gasteiger partial charge in [-0.1, -0.05) is 36.4 Å². The van der Waals surface area contributed by atoms with Gasteiger partial charge in [0, 0.05) is 25.7 Å². The summed E-state index contributed by atoms with van der Waals surface area (Å²) in [5, 5.41) is 11.0. The largest absolute Gasteiger partial charge is 0.254 e. The van der Waals surface area contributed by atoms with Crippen LogP contribution < -0.4 is 10.9 Å². The molecule has 0 radical (unpaired) electrons. The molecular formula is C20H25N7O2S. The van der Waals surface area contributed by atoms with Crippen LogP contribution in [0.25, 0.3) is 5.69 Å². The summed E-state index contributed by atoms with van der Waals surface area (Å²) in [7, 11) is -1.97. The van der Waals surface area contributed by atoms with Crippen molar-refractivity contribution in [2.75, 3.05) is 13.6 Å². The fraction of sp³-hybridized carbons (Fsp3) is 0.350. The minimum absolute atomic E-state index is 0.225. The lowest BCUT2D eigenvalue weighted by atomic mass is 10.00. The molecule has 2 aromatic carbocycles. The van der Waals surface area contributed by atoms with E-state index in [-0.39, 0.29) is 10.9 Å². The Morgan fingerprint density at radius 1 is 1.13 bits per heavy atom. The summed E-state index contributed by atoms with van der Waals surface area (Å²) in [5.41, 5.74) is 8.53. The third kappa shape index (κ3) is 4.57. The van der Waals surface area contributed by atoms with Gasteiger partial charge in [0.1, 0.15) is 6.33 Å². The zero-order chi connectivity index (χ0) is 21.0. The van der Waals surface area contributed by atoms with Gasteiger partial charge in [0.15, 0.2) is 0 Å². The molecule has 1 saturated heterocycles. The lowest BCUT2D eigenvalue weighted by Crippen LogP contribution is -2.32. The fourth-order valence-corrected chi connectivity index (χ4v) is 4.89. The monoisotopic (exact) mass is 427 g/mol. The molecule has 1 fully saturated rings. The number of benzene rings is 2. The molecule has 10 heteroatoms. The zero-order valence-corrected chi connectivity index (χ0v) is 17.5. The van der Waals surface area contributed by atoms with E-state index in [1.165, 1.54) is 20.9 Å². The summed E-state index contributed by atoms with van der Waals surface area (Å²) < 4.78 is 28.7. The average molecular weight is 428 g/mol. The highest BCUT2D eigenvalue weighted by Crippen LogP contribution is 2.24. The molecule has 30 heavy (non-hydrogen) atoms. The Kier molecular flexibility index (Phi) is 6.18. The van der Waals surface area contributed by atoms with Crippen LogP contribution in [0.4, 0.5) is 0 Å². The van der Waals surface area contributed by atoms with Crippen LogP contribution in [0.5, 0.6) is 0 Å². The van der Waals surface area contributed by atoms with E-state index >= 15 is 0 Å². The molecule has 158 valence electrons. The molecule has 4 rings (SSSR count). The van der Waals surface area contributed by atoms with Crippen molar-refractivity contribution in [2.45, 2.75) is 36.2 Å². The van der Waals surface area contributed by atoms with Crippen LogP contribution in [-0.2, 0) is 10.0 Å². The quantitative estimate of drug-likeness (QED) is 0.563. The van der Waals surface area contributed by atoms with E-state index in [4.69, 9.17) is 0 Å². The number of hydrazine groups is 1. The Morgan fingerprint density at radius 3 is 2.73 bits per heavy atom. The second-order valence-corrected chi connectivity index (χ2v) is 9.45. The number of hydrogen-bond donors (Lipinski definition) is 2. The predicted molar refractivity (Wildman–Crippen MR) is 112 cm³/mol. The van der Waals surface area contributed by atoms with E-state index in [1.807, 2.05) is 18.2 Å². The smallest absolute Gasteiger partial charge is 0.242 e. The number of rotatable bonds is 8. The van der Waals surface area contributed by atoms with Crippen LogP contribution in [0, 0.1) is 0 Å². The van der Waals surface area contributed by atoms with Gasteiger partial charge in [-0.05, 0) is 53.5 Å². The van der Waals surface area contributed by atoms with Gasteiger partial charge in [-0.3, -0.25) is 10.9 Å². The van der Waals surface area contributed by atoms with Gasteiger partial charge >= 0.3 is 0 Å². The molecule has 0 amide bonds. The van der Waals surface area contributed by atoms with Crippen molar-refractivity contribution >= 4 is 10.0 Å². The van der Waals surface area contributed by atoms with E-state index < -0.39 is 10.0 Å². The molecule has 0 spiro atoms. The third-order valence-corrected chi connectivity index (χ3v) is 7.20.